The second-order valence-electron chi connectivity index (χ2n) is 15.3. The normalized spacial score (nSPS) is 11.5. The van der Waals surface area contributed by atoms with Gasteiger partial charge < -0.3 is 9.47 Å². The number of hydrogen-bond acceptors (Lipinski definition) is 1. The van der Waals surface area contributed by atoms with Crippen LogP contribution in [0.3, 0.4) is 0 Å². The number of fused-ring (bicyclic) bond motifs is 6. The molecule has 0 aliphatic carbocycles. The fourth-order valence-electron chi connectivity index (χ4n) is 9.03. The molecule has 0 saturated carbocycles. The van der Waals surface area contributed by atoms with E-state index < -0.39 is 0 Å². The van der Waals surface area contributed by atoms with Crippen LogP contribution < -0.4 is 4.90 Å². The summed E-state index contributed by atoms with van der Waals surface area (Å²) in [5.41, 5.74) is 14.4. The maximum Gasteiger partial charge on any atom is 0.0547 e. The van der Waals surface area contributed by atoms with Crippen molar-refractivity contribution in [2.75, 3.05) is 4.90 Å². The van der Waals surface area contributed by atoms with Crippen molar-refractivity contribution in [3.63, 3.8) is 0 Å². The monoisotopic (exact) mass is 752 g/mol. The zero-order valence-electron chi connectivity index (χ0n) is 32.5. The molecule has 0 amide bonds. The molecule has 1 aromatic heterocycles. The van der Waals surface area contributed by atoms with Crippen molar-refractivity contribution in [1.29, 1.82) is 0 Å². The molecule has 2 nitrogen and oxygen atoms in total. The average Bonchev–Trinajstić information content (AvgIpc) is 3.66. The summed E-state index contributed by atoms with van der Waals surface area (Å²) in [4.78, 5) is 2.48. The molecule has 59 heavy (non-hydrogen) atoms. The number of hydrogen-bond donors (Lipinski definition) is 0. The van der Waals surface area contributed by atoms with Crippen LogP contribution in [-0.4, -0.2) is 4.57 Å². The molecule has 0 aliphatic heterocycles. The molecule has 1 heterocycles. The van der Waals surface area contributed by atoms with E-state index in [1.165, 1.54) is 82.3 Å². The third-order valence-electron chi connectivity index (χ3n) is 11.8. The van der Waals surface area contributed by atoms with E-state index in [-0.39, 0.29) is 0 Å². The lowest BCUT2D eigenvalue weighted by Gasteiger charge is -2.28. The van der Waals surface area contributed by atoms with E-state index in [4.69, 9.17) is 0 Å². The molecule has 2 heteroatoms. The van der Waals surface area contributed by atoms with Gasteiger partial charge in [-0.15, -0.1) is 0 Å². The third-order valence-corrected chi connectivity index (χ3v) is 11.8. The minimum absolute atomic E-state index is 0.680. The second-order valence-corrected chi connectivity index (χ2v) is 15.3. The van der Waals surface area contributed by atoms with Crippen LogP contribution in [0, 0.1) is 0 Å². The Morgan fingerprint density at radius 3 is 1.76 bits per heavy atom. The molecule has 0 N–H and O–H groups in total. The van der Waals surface area contributed by atoms with Crippen molar-refractivity contribution in [3.8, 4) is 39.1 Å². The standard InChI is InChI=1S/C57H40N2/c1-4-16-40(17-5-1)46-30-31-47(53(37-46)43-21-8-3-9-22-43)39-58(49-34-32-41-18-10-11-23-45(41)36-49)48-25-15-26-50(38-48)59-54-29-13-12-27-52(54)57-55(59)35-33-44-24-14-28-51(56(44)57)42-19-6-2-7-20-42/h1-38H,39H2. The molecule has 0 aliphatic rings. The molecule has 0 radical (unpaired) electrons. The molecule has 0 bridgehead atoms. The molecule has 278 valence electrons. The highest BCUT2D eigenvalue weighted by Crippen LogP contribution is 2.42. The number of rotatable bonds is 8. The molecule has 0 spiro atoms. The largest absolute Gasteiger partial charge is 0.337 e. The van der Waals surface area contributed by atoms with Crippen LogP contribution in [0.5, 0.6) is 0 Å². The van der Waals surface area contributed by atoms with Crippen LogP contribution in [0.15, 0.2) is 231 Å². The number of nitrogens with zero attached hydrogens (tertiary/aromatic N) is 2. The summed E-state index contributed by atoms with van der Waals surface area (Å²) in [5, 5.41) is 7.50. The van der Waals surface area contributed by atoms with E-state index in [1.807, 2.05) is 0 Å². The summed E-state index contributed by atoms with van der Waals surface area (Å²) < 4.78 is 2.46. The van der Waals surface area contributed by atoms with Crippen LogP contribution in [0.2, 0.25) is 0 Å². The average molecular weight is 753 g/mol. The first-order chi connectivity index (χ1) is 29.3. The lowest BCUT2D eigenvalue weighted by molar-refractivity contribution is 0.976. The molecule has 10 aromatic carbocycles. The SMILES string of the molecule is c1ccc(-c2ccc(CN(c3cccc(-n4c5ccccc5c5c6c(-c7ccccc7)cccc6ccc54)c3)c3ccc4ccccc4c3)c(-c3ccccc3)c2)cc1. The maximum atomic E-state index is 2.48. The Bertz CT molecular complexity index is 3290. The summed E-state index contributed by atoms with van der Waals surface area (Å²) >= 11 is 0. The van der Waals surface area contributed by atoms with E-state index in [1.54, 1.807) is 0 Å². The topological polar surface area (TPSA) is 8.17 Å². The quantitative estimate of drug-likeness (QED) is 0.150. The van der Waals surface area contributed by atoms with Crippen molar-refractivity contribution in [2.24, 2.45) is 0 Å². The Labute approximate surface area is 344 Å². The lowest BCUT2D eigenvalue weighted by Crippen LogP contribution is -2.17. The Balaban J connectivity index is 1.11. The fourth-order valence-corrected chi connectivity index (χ4v) is 9.03. The summed E-state index contributed by atoms with van der Waals surface area (Å²) in [6.07, 6.45) is 0. The van der Waals surface area contributed by atoms with Gasteiger partial charge in [0.25, 0.3) is 0 Å². The second kappa shape index (κ2) is 14.7. The number of anilines is 2. The molecule has 0 fully saturated rings. The van der Waals surface area contributed by atoms with Crippen molar-refractivity contribution < 1.29 is 0 Å². The summed E-state index contributed by atoms with van der Waals surface area (Å²) in [7, 11) is 0. The Hall–Kier alpha value is -7.68. The molecule has 0 saturated heterocycles. The molecule has 11 rings (SSSR count). The molecular weight excluding hydrogens is 713 g/mol. The molecule has 0 atom stereocenters. The van der Waals surface area contributed by atoms with Gasteiger partial charge in [-0.25, -0.2) is 0 Å². The Kier molecular flexibility index (Phi) is 8.60. The van der Waals surface area contributed by atoms with E-state index >= 15 is 0 Å². The van der Waals surface area contributed by atoms with Gasteiger partial charge in [-0.05, 0) is 109 Å². The number of aromatic nitrogens is 1. The summed E-state index contributed by atoms with van der Waals surface area (Å²) in [5.74, 6) is 0. The van der Waals surface area contributed by atoms with Gasteiger partial charge in [0.1, 0.15) is 0 Å². The van der Waals surface area contributed by atoms with Gasteiger partial charge in [0.2, 0.25) is 0 Å². The predicted octanol–water partition coefficient (Wildman–Crippen LogP) is 15.4. The van der Waals surface area contributed by atoms with Gasteiger partial charge in [-0.3, -0.25) is 0 Å². The van der Waals surface area contributed by atoms with E-state index in [2.05, 4.69) is 240 Å². The van der Waals surface area contributed by atoms with Crippen LogP contribution in [0.4, 0.5) is 11.4 Å². The number of benzene rings is 10. The first kappa shape index (κ1) is 34.6. The van der Waals surface area contributed by atoms with Gasteiger partial charge in [0.05, 0.1) is 11.0 Å². The first-order valence-corrected chi connectivity index (χ1v) is 20.4. The number of para-hydroxylation sites is 1. The van der Waals surface area contributed by atoms with Crippen LogP contribution in [-0.2, 0) is 6.54 Å². The van der Waals surface area contributed by atoms with Gasteiger partial charge in [0.15, 0.2) is 0 Å². The van der Waals surface area contributed by atoms with Gasteiger partial charge in [0, 0.05) is 34.4 Å². The molecular formula is C57H40N2. The highest BCUT2D eigenvalue weighted by molar-refractivity contribution is 6.24. The zero-order valence-corrected chi connectivity index (χ0v) is 32.5. The minimum Gasteiger partial charge on any atom is -0.337 e. The van der Waals surface area contributed by atoms with E-state index in [0.29, 0.717) is 6.54 Å². The van der Waals surface area contributed by atoms with Crippen molar-refractivity contribution in [3.05, 3.63) is 236 Å². The maximum absolute atomic E-state index is 2.48. The lowest BCUT2D eigenvalue weighted by atomic mass is 9.94. The van der Waals surface area contributed by atoms with Crippen LogP contribution in [0.1, 0.15) is 5.56 Å². The van der Waals surface area contributed by atoms with Crippen molar-refractivity contribution >= 4 is 54.7 Å². The molecule has 11 aromatic rings. The first-order valence-electron chi connectivity index (χ1n) is 20.4. The van der Waals surface area contributed by atoms with Crippen LogP contribution >= 0.6 is 0 Å². The smallest absolute Gasteiger partial charge is 0.0547 e. The highest BCUT2D eigenvalue weighted by atomic mass is 15.1. The van der Waals surface area contributed by atoms with Gasteiger partial charge >= 0.3 is 0 Å². The summed E-state index contributed by atoms with van der Waals surface area (Å²) in [6.45, 7) is 0.680. The Morgan fingerprint density at radius 2 is 0.966 bits per heavy atom. The zero-order chi connectivity index (χ0) is 39.1. The van der Waals surface area contributed by atoms with E-state index in [0.717, 1.165) is 17.1 Å². The Morgan fingerprint density at radius 1 is 0.339 bits per heavy atom. The summed E-state index contributed by atoms with van der Waals surface area (Å²) in [6, 6.07) is 84.0. The fraction of sp³-hybridized carbons (Fsp3) is 0.0175. The predicted molar refractivity (Wildman–Crippen MR) is 251 cm³/mol. The van der Waals surface area contributed by atoms with Crippen molar-refractivity contribution in [2.45, 2.75) is 6.54 Å². The van der Waals surface area contributed by atoms with Gasteiger partial charge in [-0.2, -0.15) is 0 Å². The van der Waals surface area contributed by atoms with Crippen LogP contribution in [0.25, 0.3) is 82.4 Å². The van der Waals surface area contributed by atoms with E-state index in [9.17, 15) is 0 Å². The minimum atomic E-state index is 0.680. The van der Waals surface area contributed by atoms with Gasteiger partial charge in [-0.1, -0.05) is 182 Å². The molecule has 0 unspecified atom stereocenters. The third kappa shape index (κ3) is 6.23. The highest BCUT2D eigenvalue weighted by Gasteiger charge is 2.20. The van der Waals surface area contributed by atoms with Crippen molar-refractivity contribution in [1.82, 2.24) is 4.57 Å².